The van der Waals surface area contributed by atoms with Crippen LogP contribution in [-0.2, 0) is 9.31 Å². The fourth-order valence-electron chi connectivity index (χ4n) is 6.40. The molecule has 6 aromatic carbocycles. The summed E-state index contributed by atoms with van der Waals surface area (Å²) in [5, 5.41) is 2.63. The summed E-state index contributed by atoms with van der Waals surface area (Å²) in [6, 6.07) is 52.2. The molecule has 0 bridgehead atoms. The van der Waals surface area contributed by atoms with Gasteiger partial charge in [0.15, 0.2) is 0 Å². The molecule has 0 atom stereocenters. The Morgan fingerprint density at radius 2 is 1.00 bits per heavy atom. The Balaban J connectivity index is 1.17. The third kappa shape index (κ3) is 5.35. The molecule has 8 rings (SSSR count). The number of anilines is 3. The molecule has 47 heavy (non-hydrogen) atoms. The number of hydrogen-bond donors (Lipinski definition) is 0. The minimum atomic E-state index is -0.399. The van der Waals surface area contributed by atoms with Gasteiger partial charge in [-0.05, 0) is 97.9 Å². The van der Waals surface area contributed by atoms with Gasteiger partial charge in [-0.2, -0.15) is 0 Å². The number of rotatable bonds is 6. The van der Waals surface area contributed by atoms with Gasteiger partial charge in [0.2, 0.25) is 0 Å². The van der Waals surface area contributed by atoms with E-state index in [1.807, 2.05) is 11.3 Å². The minimum Gasteiger partial charge on any atom is -0.399 e. The van der Waals surface area contributed by atoms with Crippen LogP contribution in [-0.4, -0.2) is 18.3 Å². The summed E-state index contributed by atoms with van der Waals surface area (Å²) < 4.78 is 15.3. The summed E-state index contributed by atoms with van der Waals surface area (Å²) >= 11 is 1.87. The average molecular weight is 630 g/mol. The number of thiophene rings is 1. The monoisotopic (exact) mass is 629 g/mol. The molecule has 0 aliphatic carbocycles. The second kappa shape index (κ2) is 11.5. The molecular formula is C42H36BNO2S. The van der Waals surface area contributed by atoms with E-state index in [1.165, 1.54) is 42.4 Å². The number of fused-ring (bicyclic) bond motifs is 3. The summed E-state index contributed by atoms with van der Waals surface area (Å²) in [6.07, 6.45) is 0. The van der Waals surface area contributed by atoms with Crippen LogP contribution in [0.4, 0.5) is 17.1 Å². The quantitative estimate of drug-likeness (QED) is 0.171. The molecule has 1 aromatic heterocycles. The predicted molar refractivity (Wildman–Crippen MR) is 201 cm³/mol. The van der Waals surface area contributed by atoms with Gasteiger partial charge >= 0.3 is 7.12 Å². The van der Waals surface area contributed by atoms with Crippen molar-refractivity contribution in [2.75, 3.05) is 4.90 Å². The van der Waals surface area contributed by atoms with Crippen LogP contribution in [0, 0.1) is 0 Å². The van der Waals surface area contributed by atoms with Crippen LogP contribution in [0.15, 0.2) is 146 Å². The highest BCUT2D eigenvalue weighted by Gasteiger charge is 2.51. The van der Waals surface area contributed by atoms with Crippen LogP contribution in [0.3, 0.4) is 0 Å². The Hall–Kier alpha value is -4.68. The highest BCUT2D eigenvalue weighted by molar-refractivity contribution is 7.26. The summed E-state index contributed by atoms with van der Waals surface area (Å²) in [6.45, 7) is 8.36. The maximum atomic E-state index is 6.34. The maximum absolute atomic E-state index is 6.34. The standard InChI is InChI=1S/C42H36BNO2S/c1-41(2)42(3,4)46-43(45-41)32-21-27-35(28-22-32)44(33-23-17-30(18-24-33)29-11-6-5-7-12-29)34-25-19-31(20-26-34)36-14-10-15-38-37-13-8-9-16-39(37)47-40(36)38/h5-28H,1-4H3. The summed E-state index contributed by atoms with van der Waals surface area (Å²) in [5.41, 5.74) is 8.36. The van der Waals surface area contributed by atoms with Gasteiger partial charge in [-0.25, -0.2) is 0 Å². The molecule has 1 saturated heterocycles. The lowest BCUT2D eigenvalue weighted by Gasteiger charge is -2.32. The van der Waals surface area contributed by atoms with Gasteiger partial charge in [0.05, 0.1) is 11.2 Å². The molecule has 5 heteroatoms. The first kappa shape index (κ1) is 29.7. The van der Waals surface area contributed by atoms with Crippen LogP contribution in [0.1, 0.15) is 27.7 Å². The number of nitrogens with zero attached hydrogens (tertiary/aromatic N) is 1. The fourth-order valence-corrected chi connectivity index (χ4v) is 7.64. The van der Waals surface area contributed by atoms with Crippen molar-refractivity contribution in [3.05, 3.63) is 146 Å². The molecule has 1 aliphatic heterocycles. The summed E-state index contributed by atoms with van der Waals surface area (Å²) in [7, 11) is -0.399. The van der Waals surface area contributed by atoms with E-state index in [0.717, 1.165) is 22.5 Å². The first-order chi connectivity index (χ1) is 22.8. The van der Waals surface area contributed by atoms with Crippen LogP contribution < -0.4 is 10.4 Å². The Morgan fingerprint density at radius 1 is 0.489 bits per heavy atom. The van der Waals surface area contributed by atoms with Crippen LogP contribution >= 0.6 is 11.3 Å². The van der Waals surface area contributed by atoms with Gasteiger partial charge in [-0.1, -0.05) is 103 Å². The zero-order valence-corrected chi connectivity index (χ0v) is 27.9. The van der Waals surface area contributed by atoms with Gasteiger partial charge in [0.25, 0.3) is 0 Å². The molecule has 0 N–H and O–H groups in total. The zero-order chi connectivity index (χ0) is 32.2. The molecule has 0 radical (unpaired) electrons. The van der Waals surface area contributed by atoms with E-state index in [4.69, 9.17) is 9.31 Å². The Kier molecular flexibility index (Phi) is 7.29. The first-order valence-corrected chi connectivity index (χ1v) is 17.0. The molecule has 1 aliphatic rings. The highest BCUT2D eigenvalue weighted by atomic mass is 32.1. The van der Waals surface area contributed by atoms with Gasteiger partial charge in [0, 0.05) is 37.2 Å². The average Bonchev–Trinajstić information content (AvgIpc) is 3.58. The topological polar surface area (TPSA) is 21.7 Å². The van der Waals surface area contributed by atoms with Crippen molar-refractivity contribution in [1.82, 2.24) is 0 Å². The lowest BCUT2D eigenvalue weighted by atomic mass is 9.79. The largest absolute Gasteiger partial charge is 0.494 e. The van der Waals surface area contributed by atoms with Crippen LogP contribution in [0.25, 0.3) is 42.4 Å². The smallest absolute Gasteiger partial charge is 0.399 e. The van der Waals surface area contributed by atoms with E-state index in [-0.39, 0.29) is 11.2 Å². The second-order valence-corrected chi connectivity index (χ2v) is 14.3. The predicted octanol–water partition coefficient (Wildman–Crippen LogP) is 11.2. The maximum Gasteiger partial charge on any atom is 0.494 e. The lowest BCUT2D eigenvalue weighted by Crippen LogP contribution is -2.41. The van der Waals surface area contributed by atoms with E-state index in [2.05, 4.69) is 178 Å². The third-order valence-electron chi connectivity index (χ3n) is 9.75. The van der Waals surface area contributed by atoms with Crippen molar-refractivity contribution in [3.63, 3.8) is 0 Å². The molecule has 230 valence electrons. The zero-order valence-electron chi connectivity index (χ0n) is 27.1. The number of benzene rings is 6. The van der Waals surface area contributed by atoms with Crippen LogP contribution in [0.2, 0.25) is 0 Å². The van der Waals surface area contributed by atoms with Gasteiger partial charge in [-0.15, -0.1) is 11.3 Å². The Bertz CT molecular complexity index is 2170. The van der Waals surface area contributed by atoms with Crippen molar-refractivity contribution < 1.29 is 9.31 Å². The summed E-state index contributed by atoms with van der Waals surface area (Å²) in [5.74, 6) is 0. The third-order valence-corrected chi connectivity index (χ3v) is 11.0. The molecule has 1 fully saturated rings. The first-order valence-electron chi connectivity index (χ1n) is 16.2. The van der Waals surface area contributed by atoms with Gasteiger partial charge < -0.3 is 14.2 Å². The lowest BCUT2D eigenvalue weighted by molar-refractivity contribution is 0.00578. The normalized spacial score (nSPS) is 15.4. The van der Waals surface area contributed by atoms with Crippen LogP contribution in [0.5, 0.6) is 0 Å². The van der Waals surface area contributed by atoms with E-state index >= 15 is 0 Å². The Morgan fingerprint density at radius 3 is 1.64 bits per heavy atom. The van der Waals surface area contributed by atoms with Gasteiger partial charge in [-0.3, -0.25) is 0 Å². The second-order valence-electron chi connectivity index (χ2n) is 13.3. The molecule has 0 unspecified atom stereocenters. The molecule has 0 amide bonds. The molecule has 0 saturated carbocycles. The van der Waals surface area contributed by atoms with E-state index in [9.17, 15) is 0 Å². The van der Waals surface area contributed by atoms with E-state index in [0.29, 0.717) is 0 Å². The summed E-state index contributed by atoms with van der Waals surface area (Å²) in [4.78, 5) is 2.31. The van der Waals surface area contributed by atoms with Gasteiger partial charge in [0.1, 0.15) is 0 Å². The fraction of sp³-hybridized carbons (Fsp3) is 0.143. The van der Waals surface area contributed by atoms with E-state index < -0.39 is 7.12 Å². The van der Waals surface area contributed by atoms with Crippen molar-refractivity contribution in [2.24, 2.45) is 0 Å². The SMILES string of the molecule is CC1(C)OB(c2ccc(N(c3ccc(-c4ccccc4)cc3)c3ccc(-c4cccc5c4sc4ccccc45)cc3)cc2)OC1(C)C. The van der Waals surface area contributed by atoms with E-state index in [1.54, 1.807) is 0 Å². The molecular weight excluding hydrogens is 593 g/mol. The molecule has 3 nitrogen and oxygen atoms in total. The number of hydrogen-bond acceptors (Lipinski definition) is 4. The Labute approximate surface area is 281 Å². The van der Waals surface area contributed by atoms with Crippen molar-refractivity contribution in [3.8, 4) is 22.3 Å². The van der Waals surface area contributed by atoms with Crippen molar-refractivity contribution >= 4 is 61.2 Å². The molecule has 0 spiro atoms. The molecule has 2 heterocycles. The molecule has 7 aromatic rings. The van der Waals surface area contributed by atoms with Crippen molar-refractivity contribution in [1.29, 1.82) is 0 Å². The van der Waals surface area contributed by atoms with Crippen molar-refractivity contribution in [2.45, 2.75) is 38.9 Å². The minimum absolute atomic E-state index is 0.384. The highest BCUT2D eigenvalue weighted by Crippen LogP contribution is 2.42.